The Hall–Kier alpha value is -2.27. The van der Waals surface area contributed by atoms with Gasteiger partial charge >= 0.3 is 5.97 Å². The summed E-state index contributed by atoms with van der Waals surface area (Å²) in [6.45, 7) is 0. The number of rotatable bonds is 5. The van der Waals surface area contributed by atoms with Crippen LogP contribution in [0.3, 0.4) is 0 Å². The average Bonchev–Trinajstić information content (AvgIpc) is 2.96. The van der Waals surface area contributed by atoms with Crippen LogP contribution in [0.25, 0.3) is 11.6 Å². The van der Waals surface area contributed by atoms with E-state index in [9.17, 15) is 9.90 Å². The fourth-order valence-corrected chi connectivity index (χ4v) is 2.45. The zero-order chi connectivity index (χ0) is 14.5. The summed E-state index contributed by atoms with van der Waals surface area (Å²) in [6, 6.07) is 8.81. The largest absolute Gasteiger partial charge is 0.493 e. The second-order valence-corrected chi connectivity index (χ2v) is 4.93. The molecule has 0 bridgehead atoms. The molecule has 5 heteroatoms. The van der Waals surface area contributed by atoms with E-state index in [0.29, 0.717) is 17.1 Å². The topological polar surface area (TPSA) is 55.8 Å². The molecule has 0 saturated heterocycles. The smallest absolute Gasteiger partial charge is 0.336 e. The number of methoxy groups -OCH3 is 2. The molecule has 0 aliphatic heterocycles. The molecule has 1 N–H and O–H groups in total. The van der Waals surface area contributed by atoms with Crippen LogP contribution < -0.4 is 9.47 Å². The molecule has 0 fully saturated rings. The van der Waals surface area contributed by atoms with Gasteiger partial charge in [0.2, 0.25) is 0 Å². The Bertz CT molecular complexity index is 629. The number of carboxylic acid groups (broad SMARTS) is 1. The molecule has 1 aromatic carbocycles. The maximum atomic E-state index is 11.4. The number of hydrogen-bond acceptors (Lipinski definition) is 4. The third-order valence-electron chi connectivity index (χ3n) is 2.75. The highest BCUT2D eigenvalue weighted by Crippen LogP contribution is 2.31. The lowest BCUT2D eigenvalue weighted by molar-refractivity contribution is -0.130. The summed E-state index contributed by atoms with van der Waals surface area (Å²) < 4.78 is 10.3. The van der Waals surface area contributed by atoms with E-state index in [4.69, 9.17) is 9.47 Å². The summed E-state index contributed by atoms with van der Waals surface area (Å²) in [6.07, 6.45) is 1.65. The zero-order valence-electron chi connectivity index (χ0n) is 11.1. The Labute approximate surface area is 120 Å². The highest BCUT2D eigenvalue weighted by atomic mass is 32.1. The molecule has 0 unspecified atom stereocenters. The number of hydrogen-bond donors (Lipinski definition) is 1. The first kappa shape index (κ1) is 14.1. The van der Waals surface area contributed by atoms with Crippen molar-refractivity contribution >= 4 is 29.0 Å². The SMILES string of the molecule is COc1ccc(/C(=C/c2cccs2)C(=O)O)cc1OC. The van der Waals surface area contributed by atoms with Crippen LogP contribution >= 0.6 is 11.3 Å². The maximum Gasteiger partial charge on any atom is 0.336 e. The Morgan fingerprint density at radius 2 is 1.95 bits per heavy atom. The van der Waals surface area contributed by atoms with Gasteiger partial charge in [-0.05, 0) is 35.2 Å². The van der Waals surface area contributed by atoms with Gasteiger partial charge in [0.15, 0.2) is 11.5 Å². The second-order valence-electron chi connectivity index (χ2n) is 3.95. The van der Waals surface area contributed by atoms with Crippen LogP contribution in [-0.2, 0) is 4.79 Å². The highest BCUT2D eigenvalue weighted by Gasteiger charge is 2.14. The lowest BCUT2D eigenvalue weighted by atomic mass is 10.0. The summed E-state index contributed by atoms with van der Waals surface area (Å²) in [5.74, 6) is 0.0889. The van der Waals surface area contributed by atoms with Gasteiger partial charge in [-0.25, -0.2) is 4.79 Å². The first-order valence-electron chi connectivity index (χ1n) is 5.86. The van der Waals surface area contributed by atoms with Crippen molar-refractivity contribution in [1.82, 2.24) is 0 Å². The third-order valence-corrected chi connectivity index (χ3v) is 3.57. The van der Waals surface area contributed by atoms with Crippen molar-refractivity contribution in [1.29, 1.82) is 0 Å². The van der Waals surface area contributed by atoms with Crippen LogP contribution in [0.2, 0.25) is 0 Å². The molecule has 1 aromatic heterocycles. The maximum absolute atomic E-state index is 11.4. The van der Waals surface area contributed by atoms with Crippen LogP contribution in [0.5, 0.6) is 11.5 Å². The van der Waals surface area contributed by atoms with Crippen molar-refractivity contribution in [2.24, 2.45) is 0 Å². The predicted octanol–water partition coefficient (Wildman–Crippen LogP) is 3.39. The molecule has 0 spiro atoms. The molecular formula is C15H14O4S. The van der Waals surface area contributed by atoms with E-state index in [2.05, 4.69) is 0 Å². The molecule has 104 valence electrons. The summed E-state index contributed by atoms with van der Waals surface area (Å²) in [7, 11) is 3.06. The Morgan fingerprint density at radius 3 is 2.50 bits per heavy atom. The van der Waals surface area contributed by atoms with E-state index in [1.807, 2.05) is 17.5 Å². The van der Waals surface area contributed by atoms with Gasteiger partial charge in [-0.3, -0.25) is 0 Å². The van der Waals surface area contributed by atoms with E-state index in [-0.39, 0.29) is 5.57 Å². The molecule has 4 nitrogen and oxygen atoms in total. The standard InChI is InChI=1S/C15H14O4S/c1-18-13-6-5-10(8-14(13)19-2)12(15(16)17)9-11-4-3-7-20-11/h3-9H,1-2H3,(H,16,17)/b12-9-. The Morgan fingerprint density at radius 1 is 1.20 bits per heavy atom. The Balaban J connectivity index is 2.48. The molecular weight excluding hydrogens is 276 g/mol. The van der Waals surface area contributed by atoms with E-state index >= 15 is 0 Å². The van der Waals surface area contributed by atoms with Gasteiger partial charge in [0.05, 0.1) is 19.8 Å². The lowest BCUT2D eigenvalue weighted by Crippen LogP contribution is -2.00. The minimum absolute atomic E-state index is 0.216. The summed E-state index contributed by atoms with van der Waals surface area (Å²) in [4.78, 5) is 12.3. The molecule has 2 rings (SSSR count). The minimum Gasteiger partial charge on any atom is -0.493 e. The number of carbonyl (C=O) groups is 1. The summed E-state index contributed by atoms with van der Waals surface area (Å²) in [5, 5.41) is 11.3. The van der Waals surface area contributed by atoms with Gasteiger partial charge in [-0.15, -0.1) is 11.3 Å². The van der Waals surface area contributed by atoms with Gasteiger partial charge in [0, 0.05) is 4.88 Å². The van der Waals surface area contributed by atoms with E-state index in [1.165, 1.54) is 25.6 Å². The van der Waals surface area contributed by atoms with Crippen molar-refractivity contribution < 1.29 is 19.4 Å². The molecule has 2 aromatic rings. The van der Waals surface area contributed by atoms with Gasteiger partial charge in [-0.2, -0.15) is 0 Å². The number of thiophene rings is 1. The molecule has 0 saturated carbocycles. The normalized spacial score (nSPS) is 11.2. The van der Waals surface area contributed by atoms with E-state index < -0.39 is 5.97 Å². The zero-order valence-corrected chi connectivity index (χ0v) is 11.9. The molecule has 0 aliphatic rings. The van der Waals surface area contributed by atoms with E-state index in [0.717, 1.165) is 4.88 Å². The summed E-state index contributed by atoms with van der Waals surface area (Å²) in [5.41, 5.74) is 0.789. The van der Waals surface area contributed by atoms with Crippen LogP contribution in [0.4, 0.5) is 0 Å². The minimum atomic E-state index is -0.981. The lowest BCUT2D eigenvalue weighted by Gasteiger charge is -2.10. The van der Waals surface area contributed by atoms with Gasteiger partial charge < -0.3 is 14.6 Å². The van der Waals surface area contributed by atoms with Crippen molar-refractivity contribution in [2.45, 2.75) is 0 Å². The van der Waals surface area contributed by atoms with Crippen LogP contribution in [0, 0.1) is 0 Å². The molecule has 0 radical (unpaired) electrons. The van der Waals surface area contributed by atoms with Gasteiger partial charge in [-0.1, -0.05) is 12.1 Å². The first-order chi connectivity index (χ1) is 9.65. The van der Waals surface area contributed by atoms with Crippen LogP contribution in [0.1, 0.15) is 10.4 Å². The fourth-order valence-electron chi connectivity index (χ4n) is 1.79. The molecule has 0 atom stereocenters. The monoisotopic (exact) mass is 290 g/mol. The number of carboxylic acids is 1. The van der Waals surface area contributed by atoms with Crippen molar-refractivity contribution in [3.8, 4) is 11.5 Å². The quantitative estimate of drug-likeness (QED) is 0.858. The number of ether oxygens (including phenoxy) is 2. The van der Waals surface area contributed by atoms with Crippen LogP contribution in [0.15, 0.2) is 35.7 Å². The highest BCUT2D eigenvalue weighted by molar-refractivity contribution is 7.10. The molecule has 20 heavy (non-hydrogen) atoms. The molecule has 0 aliphatic carbocycles. The van der Waals surface area contributed by atoms with Gasteiger partial charge in [0.25, 0.3) is 0 Å². The molecule has 1 heterocycles. The van der Waals surface area contributed by atoms with E-state index in [1.54, 1.807) is 24.3 Å². The third kappa shape index (κ3) is 3.00. The summed E-state index contributed by atoms with van der Waals surface area (Å²) >= 11 is 1.49. The van der Waals surface area contributed by atoms with Crippen molar-refractivity contribution in [2.75, 3.05) is 14.2 Å². The number of aliphatic carboxylic acids is 1. The van der Waals surface area contributed by atoms with Crippen molar-refractivity contribution in [3.63, 3.8) is 0 Å². The predicted molar refractivity (Wildman–Crippen MR) is 79.4 cm³/mol. The van der Waals surface area contributed by atoms with Crippen LogP contribution in [-0.4, -0.2) is 25.3 Å². The second kappa shape index (κ2) is 6.25. The number of benzene rings is 1. The molecule has 0 amide bonds. The fraction of sp³-hybridized carbons (Fsp3) is 0.133. The van der Waals surface area contributed by atoms with Crippen molar-refractivity contribution in [3.05, 3.63) is 46.2 Å². The Kier molecular flexibility index (Phi) is 4.42. The average molecular weight is 290 g/mol. The first-order valence-corrected chi connectivity index (χ1v) is 6.74. The van der Waals surface area contributed by atoms with Gasteiger partial charge in [0.1, 0.15) is 0 Å².